The molecule has 4 fully saturated rings. The van der Waals surface area contributed by atoms with Crippen molar-refractivity contribution in [2.75, 3.05) is 44.2 Å². The lowest BCUT2D eigenvalue weighted by atomic mass is 9.96. The van der Waals surface area contributed by atoms with Crippen molar-refractivity contribution in [3.8, 4) is 17.0 Å². The Bertz CT molecular complexity index is 1540. The molecule has 2 aliphatic carbocycles. The molecule has 4 aliphatic rings. The number of thiazole rings is 1. The molecule has 1 aromatic heterocycles. The summed E-state index contributed by atoms with van der Waals surface area (Å²) < 4.78 is 6.42. The molecule has 43 heavy (non-hydrogen) atoms. The van der Waals surface area contributed by atoms with Gasteiger partial charge in [0.15, 0.2) is 5.13 Å². The topological polar surface area (TPSA) is 86.2 Å². The van der Waals surface area contributed by atoms with Crippen LogP contribution in [0.1, 0.15) is 47.9 Å². The number of piperidine rings is 1. The minimum Gasteiger partial charge on any atom is -0.488 e. The molecule has 2 aromatic carbocycles. The molecule has 2 saturated carbocycles. The van der Waals surface area contributed by atoms with Crippen LogP contribution >= 0.6 is 11.3 Å². The number of anilines is 1. The number of piperazine rings is 1. The predicted octanol–water partition coefficient (Wildman–Crippen LogP) is 5.36. The van der Waals surface area contributed by atoms with Crippen LogP contribution < -0.4 is 9.64 Å². The van der Waals surface area contributed by atoms with E-state index in [0.717, 1.165) is 98.3 Å². The van der Waals surface area contributed by atoms with Crippen molar-refractivity contribution >= 4 is 28.3 Å². The first-order valence-electron chi connectivity index (χ1n) is 15.6. The number of hydrogen-bond donors (Lipinski definition) is 1. The molecule has 1 unspecified atom stereocenters. The molecule has 0 spiro atoms. The van der Waals surface area contributed by atoms with Gasteiger partial charge in [-0.3, -0.25) is 14.5 Å². The van der Waals surface area contributed by atoms with E-state index in [0.29, 0.717) is 24.9 Å². The van der Waals surface area contributed by atoms with Gasteiger partial charge in [0.1, 0.15) is 12.4 Å². The summed E-state index contributed by atoms with van der Waals surface area (Å²) in [5.41, 5.74) is 6.21. The second kappa shape index (κ2) is 11.2. The van der Waals surface area contributed by atoms with Gasteiger partial charge in [-0.05, 0) is 74.3 Å². The Morgan fingerprint density at radius 2 is 1.88 bits per heavy atom. The molecule has 2 atom stereocenters. The summed E-state index contributed by atoms with van der Waals surface area (Å²) in [7, 11) is 0. The van der Waals surface area contributed by atoms with E-state index in [1.54, 1.807) is 11.3 Å². The smallest absolute Gasteiger partial charge is 0.310 e. The summed E-state index contributed by atoms with van der Waals surface area (Å²) in [6.07, 6.45) is 3.62. The Morgan fingerprint density at radius 1 is 1.07 bits per heavy atom. The molecule has 9 heteroatoms. The second-order valence-corrected chi connectivity index (χ2v) is 13.8. The molecule has 226 valence electrons. The van der Waals surface area contributed by atoms with E-state index in [1.807, 2.05) is 6.07 Å². The molecule has 1 amide bonds. The van der Waals surface area contributed by atoms with Crippen molar-refractivity contribution in [3.63, 3.8) is 0 Å². The van der Waals surface area contributed by atoms with Crippen LogP contribution in [0.4, 0.5) is 5.13 Å². The van der Waals surface area contributed by atoms with Crippen LogP contribution in [-0.2, 0) is 22.7 Å². The van der Waals surface area contributed by atoms with Crippen molar-refractivity contribution in [1.82, 2.24) is 14.8 Å². The quantitative estimate of drug-likeness (QED) is 0.354. The lowest BCUT2D eigenvalue weighted by Gasteiger charge is -2.35. The number of fused-ring (bicyclic) bond motifs is 1. The highest BCUT2D eigenvalue weighted by Gasteiger charge is 2.62. The number of carboxylic acid groups (broad SMARTS) is 1. The molecular formula is C34H40N4O4S. The summed E-state index contributed by atoms with van der Waals surface area (Å²) in [4.78, 5) is 35.8. The molecule has 7 rings (SSSR count). The standard InChI is InChI=1S/C34H40N4O4S/c1-22-3-8-30(28(15-22)29-21-43-33(35-29)38-10-9-34(32(40)41)17-27(34)19-38)42-20-26-5-4-24(16-23(26)2)18-36-11-13-37(14-12-36)31(39)25-6-7-25/h3-5,8,15-16,21,25,27H,6-7,9-14,17-20H2,1-2H3,(H,40,41)/t27?,34-/m1/s1. The van der Waals surface area contributed by atoms with E-state index in [4.69, 9.17) is 9.72 Å². The van der Waals surface area contributed by atoms with Crippen LogP contribution in [0.25, 0.3) is 11.3 Å². The summed E-state index contributed by atoms with van der Waals surface area (Å²) in [5, 5.41) is 12.7. The Balaban J connectivity index is 0.975. The van der Waals surface area contributed by atoms with Crippen LogP contribution in [0.2, 0.25) is 0 Å². The minimum atomic E-state index is -0.639. The molecule has 2 aliphatic heterocycles. The van der Waals surface area contributed by atoms with Gasteiger partial charge in [0, 0.05) is 62.7 Å². The number of carbonyl (C=O) groups is 2. The monoisotopic (exact) mass is 600 g/mol. The number of carbonyl (C=O) groups excluding carboxylic acids is 1. The number of rotatable bonds is 9. The maximum atomic E-state index is 12.4. The fraction of sp³-hybridized carbons (Fsp3) is 0.500. The van der Waals surface area contributed by atoms with Gasteiger partial charge in [-0.25, -0.2) is 4.98 Å². The highest BCUT2D eigenvalue weighted by atomic mass is 32.1. The van der Waals surface area contributed by atoms with Crippen molar-refractivity contribution in [3.05, 3.63) is 64.0 Å². The molecule has 2 saturated heterocycles. The third-order valence-electron chi connectivity index (χ3n) is 9.91. The van der Waals surface area contributed by atoms with Gasteiger partial charge < -0.3 is 19.6 Å². The van der Waals surface area contributed by atoms with E-state index in [1.165, 1.54) is 11.1 Å². The summed E-state index contributed by atoms with van der Waals surface area (Å²) in [5.74, 6) is 1.07. The normalized spacial score (nSPS) is 23.6. The molecule has 3 aromatic rings. The fourth-order valence-electron chi connectivity index (χ4n) is 6.81. The van der Waals surface area contributed by atoms with Crippen molar-refractivity contribution in [2.24, 2.45) is 17.3 Å². The van der Waals surface area contributed by atoms with E-state index in [2.05, 4.69) is 64.3 Å². The summed E-state index contributed by atoms with van der Waals surface area (Å²) in [6, 6.07) is 12.9. The first kappa shape index (κ1) is 28.3. The molecule has 0 radical (unpaired) electrons. The number of aliphatic carboxylic acids is 1. The Morgan fingerprint density at radius 3 is 2.60 bits per heavy atom. The van der Waals surface area contributed by atoms with E-state index >= 15 is 0 Å². The van der Waals surface area contributed by atoms with Crippen LogP contribution in [0, 0.1) is 31.1 Å². The SMILES string of the molecule is Cc1ccc(OCc2ccc(CN3CCN(C(=O)C4CC4)CC3)cc2C)c(-c2csc(N3CC[C@@]4(C(=O)O)CC4C3)n2)c1. The minimum absolute atomic E-state index is 0.228. The highest BCUT2D eigenvalue weighted by molar-refractivity contribution is 7.14. The number of ether oxygens (including phenoxy) is 1. The zero-order valence-electron chi connectivity index (χ0n) is 25.1. The average molecular weight is 601 g/mol. The zero-order chi connectivity index (χ0) is 29.7. The molecule has 1 N–H and O–H groups in total. The number of carboxylic acids is 1. The third kappa shape index (κ3) is 5.77. The van der Waals surface area contributed by atoms with Gasteiger partial charge in [0.05, 0.1) is 11.1 Å². The fourth-order valence-corrected chi connectivity index (χ4v) is 7.67. The number of aryl methyl sites for hydroxylation is 2. The maximum Gasteiger partial charge on any atom is 0.310 e. The van der Waals surface area contributed by atoms with Crippen LogP contribution in [0.15, 0.2) is 41.8 Å². The van der Waals surface area contributed by atoms with E-state index in [-0.39, 0.29) is 5.92 Å². The van der Waals surface area contributed by atoms with Gasteiger partial charge in [0.25, 0.3) is 0 Å². The maximum absolute atomic E-state index is 12.4. The Hall–Kier alpha value is -3.43. The highest BCUT2D eigenvalue weighted by Crippen LogP contribution is 2.58. The summed E-state index contributed by atoms with van der Waals surface area (Å²) >= 11 is 1.62. The van der Waals surface area contributed by atoms with E-state index in [9.17, 15) is 14.7 Å². The first-order valence-corrected chi connectivity index (χ1v) is 16.4. The first-order chi connectivity index (χ1) is 20.8. The molecule has 0 bridgehead atoms. The largest absolute Gasteiger partial charge is 0.488 e. The van der Waals surface area contributed by atoms with Crippen LogP contribution in [0.5, 0.6) is 5.75 Å². The van der Waals surface area contributed by atoms with Crippen LogP contribution in [-0.4, -0.2) is 71.0 Å². The molecule has 8 nitrogen and oxygen atoms in total. The second-order valence-electron chi connectivity index (χ2n) is 13.0. The van der Waals surface area contributed by atoms with Crippen molar-refractivity contribution in [2.45, 2.75) is 52.7 Å². The number of hydrogen-bond acceptors (Lipinski definition) is 7. The lowest BCUT2D eigenvalue weighted by molar-refractivity contribution is -0.144. The number of nitrogens with zero attached hydrogens (tertiary/aromatic N) is 4. The number of amides is 1. The number of benzene rings is 2. The van der Waals surface area contributed by atoms with Crippen LogP contribution in [0.3, 0.4) is 0 Å². The lowest BCUT2D eigenvalue weighted by Crippen LogP contribution is -2.48. The number of aromatic nitrogens is 1. The van der Waals surface area contributed by atoms with Gasteiger partial charge in [-0.2, -0.15) is 0 Å². The average Bonchev–Trinajstić information content (AvgIpc) is 3.93. The van der Waals surface area contributed by atoms with Gasteiger partial charge in [-0.15, -0.1) is 11.3 Å². The third-order valence-corrected chi connectivity index (χ3v) is 10.8. The van der Waals surface area contributed by atoms with Crippen molar-refractivity contribution < 1.29 is 19.4 Å². The van der Waals surface area contributed by atoms with E-state index < -0.39 is 11.4 Å². The molecular weight excluding hydrogens is 560 g/mol. The summed E-state index contributed by atoms with van der Waals surface area (Å²) in [6.45, 7) is 10.6. The Labute approximate surface area is 257 Å². The Kier molecular flexibility index (Phi) is 7.42. The van der Waals surface area contributed by atoms with Gasteiger partial charge >= 0.3 is 5.97 Å². The molecule has 3 heterocycles. The predicted molar refractivity (Wildman–Crippen MR) is 167 cm³/mol. The van der Waals surface area contributed by atoms with Crippen molar-refractivity contribution in [1.29, 1.82) is 0 Å². The van der Waals surface area contributed by atoms with Gasteiger partial charge in [-0.1, -0.05) is 29.8 Å². The zero-order valence-corrected chi connectivity index (χ0v) is 25.9. The van der Waals surface area contributed by atoms with Gasteiger partial charge in [0.2, 0.25) is 5.91 Å².